The molecule has 0 radical (unpaired) electrons. The average Bonchev–Trinajstić information content (AvgIpc) is 3.17. The van der Waals surface area contributed by atoms with E-state index in [1.165, 1.54) is 42.0 Å². The second-order valence-corrected chi connectivity index (χ2v) is 7.28. The Morgan fingerprint density at radius 2 is 1.92 bits per heavy atom. The van der Waals surface area contributed by atoms with Crippen molar-refractivity contribution >= 4 is 28.3 Å². The number of carbonyl (C=O) groups excluding carboxylic acids is 2. The first-order valence-corrected chi connectivity index (χ1v) is 9.67. The molecule has 6 nitrogen and oxygen atoms in total. The lowest BCUT2D eigenvalue weighted by molar-refractivity contribution is -0.127. The van der Waals surface area contributed by atoms with Gasteiger partial charge in [0.2, 0.25) is 0 Å². The molecule has 0 aliphatic heterocycles. The quantitative estimate of drug-likeness (QED) is 0.806. The molecule has 1 heterocycles. The molecular weight excluding hydrogens is 352 g/mol. The molecule has 26 heavy (non-hydrogen) atoms. The minimum absolute atomic E-state index is 0.0675. The van der Waals surface area contributed by atoms with Gasteiger partial charge >= 0.3 is 5.97 Å². The van der Waals surface area contributed by atoms with Crippen molar-refractivity contribution < 1.29 is 19.4 Å². The summed E-state index contributed by atoms with van der Waals surface area (Å²) >= 11 is 1.41. The molecule has 0 bridgehead atoms. The topological polar surface area (TPSA) is 79.7 Å². The maximum Gasteiger partial charge on any atom is 0.338 e. The molecule has 1 aliphatic rings. The lowest BCUT2D eigenvalue weighted by Crippen LogP contribution is -2.47. The van der Waals surface area contributed by atoms with Crippen LogP contribution in [-0.2, 0) is 9.53 Å². The lowest BCUT2D eigenvalue weighted by atomic mass is 9.94. The minimum atomic E-state index is -0.915. The summed E-state index contributed by atoms with van der Waals surface area (Å²) in [5, 5.41) is 11.8. The number of anilines is 1. The number of thiazole rings is 1. The van der Waals surface area contributed by atoms with Crippen LogP contribution in [0.4, 0.5) is 5.13 Å². The third kappa shape index (κ3) is 4.22. The van der Waals surface area contributed by atoms with E-state index in [0.29, 0.717) is 10.7 Å². The highest BCUT2D eigenvalue weighted by molar-refractivity contribution is 7.13. The number of phenols is 1. The van der Waals surface area contributed by atoms with Gasteiger partial charge in [-0.3, -0.25) is 9.69 Å². The molecule has 1 aromatic carbocycles. The fourth-order valence-electron chi connectivity index (χ4n) is 3.18. The number of hydrogen-bond donors (Lipinski definition) is 1. The number of benzene rings is 1. The van der Waals surface area contributed by atoms with Crippen LogP contribution in [0.5, 0.6) is 5.75 Å². The van der Waals surface area contributed by atoms with Gasteiger partial charge in [0, 0.05) is 17.6 Å². The van der Waals surface area contributed by atoms with Crippen molar-refractivity contribution in [2.24, 2.45) is 0 Å². The number of ether oxygens (including phenoxy) is 1. The van der Waals surface area contributed by atoms with Crippen molar-refractivity contribution in [1.29, 1.82) is 0 Å². The number of phenolic OH excluding ortho intramolecular Hbond substituents is 1. The first-order chi connectivity index (χ1) is 12.6. The highest BCUT2D eigenvalue weighted by Gasteiger charge is 2.33. The second-order valence-electron chi connectivity index (χ2n) is 6.41. The molecule has 1 atom stereocenters. The maximum atomic E-state index is 13.0. The van der Waals surface area contributed by atoms with Crippen molar-refractivity contribution in [2.75, 3.05) is 4.90 Å². The molecule has 7 heteroatoms. The number of esters is 1. The molecule has 0 spiro atoms. The Morgan fingerprint density at radius 3 is 2.54 bits per heavy atom. The third-order valence-electron chi connectivity index (χ3n) is 4.54. The predicted octanol–water partition coefficient (Wildman–Crippen LogP) is 3.76. The minimum Gasteiger partial charge on any atom is -0.508 e. The molecule has 2 aromatic rings. The predicted molar refractivity (Wildman–Crippen MR) is 99.5 cm³/mol. The van der Waals surface area contributed by atoms with Crippen LogP contribution in [0.3, 0.4) is 0 Å². The van der Waals surface area contributed by atoms with Crippen molar-refractivity contribution in [3.63, 3.8) is 0 Å². The molecule has 1 amide bonds. The molecule has 1 saturated carbocycles. The number of amides is 1. The van der Waals surface area contributed by atoms with Crippen LogP contribution in [0.1, 0.15) is 49.4 Å². The molecule has 1 unspecified atom stereocenters. The standard InChI is InChI=1S/C19H22N2O4S/c1-13(25-18(24)14-7-9-16(22)10-8-14)17(23)21(19-20-11-12-26-19)15-5-3-2-4-6-15/h7-13,15,22H,2-6H2,1H3. The molecule has 1 fully saturated rings. The van der Waals surface area contributed by atoms with Gasteiger partial charge in [-0.2, -0.15) is 0 Å². The van der Waals surface area contributed by atoms with E-state index in [4.69, 9.17) is 4.74 Å². The van der Waals surface area contributed by atoms with Crippen LogP contribution in [0.25, 0.3) is 0 Å². The molecule has 138 valence electrons. The number of hydrogen-bond acceptors (Lipinski definition) is 6. The zero-order valence-electron chi connectivity index (χ0n) is 14.6. The summed E-state index contributed by atoms with van der Waals surface area (Å²) in [6, 6.07) is 5.85. The van der Waals surface area contributed by atoms with Crippen molar-refractivity contribution in [1.82, 2.24) is 4.98 Å². The number of aromatic hydroxyl groups is 1. The Hall–Kier alpha value is -2.41. The smallest absolute Gasteiger partial charge is 0.338 e. The van der Waals surface area contributed by atoms with E-state index in [1.807, 2.05) is 5.38 Å². The summed E-state index contributed by atoms with van der Waals surface area (Å²) in [5.74, 6) is -0.773. The highest BCUT2D eigenvalue weighted by Crippen LogP contribution is 2.29. The van der Waals surface area contributed by atoms with E-state index >= 15 is 0 Å². The Morgan fingerprint density at radius 1 is 1.23 bits per heavy atom. The van der Waals surface area contributed by atoms with Crippen molar-refractivity contribution in [3.8, 4) is 5.75 Å². The van der Waals surface area contributed by atoms with Crippen molar-refractivity contribution in [3.05, 3.63) is 41.4 Å². The lowest BCUT2D eigenvalue weighted by Gasteiger charge is -2.33. The number of nitrogens with zero attached hydrogens (tertiary/aromatic N) is 2. The van der Waals surface area contributed by atoms with Gasteiger partial charge < -0.3 is 9.84 Å². The van der Waals surface area contributed by atoms with E-state index < -0.39 is 12.1 Å². The van der Waals surface area contributed by atoms with Crippen LogP contribution in [0.2, 0.25) is 0 Å². The van der Waals surface area contributed by atoms with Gasteiger partial charge in [-0.05, 0) is 44.0 Å². The van der Waals surface area contributed by atoms with Gasteiger partial charge in [-0.1, -0.05) is 19.3 Å². The zero-order chi connectivity index (χ0) is 18.5. The summed E-state index contributed by atoms with van der Waals surface area (Å²) in [7, 11) is 0. The first kappa shape index (κ1) is 18.4. The molecule has 3 rings (SSSR count). The van der Waals surface area contributed by atoms with Crippen molar-refractivity contribution in [2.45, 2.75) is 51.2 Å². The Bertz CT molecular complexity index is 739. The average molecular weight is 374 g/mol. The fourth-order valence-corrected chi connectivity index (χ4v) is 3.89. The highest BCUT2D eigenvalue weighted by atomic mass is 32.1. The van der Waals surface area contributed by atoms with Crippen LogP contribution in [-0.4, -0.2) is 34.1 Å². The summed E-state index contributed by atoms with van der Waals surface area (Å²) in [5.41, 5.74) is 0.293. The molecule has 0 saturated heterocycles. The Kier molecular flexibility index (Phi) is 5.88. The van der Waals surface area contributed by atoms with E-state index in [-0.39, 0.29) is 17.7 Å². The van der Waals surface area contributed by atoms with Crippen LogP contribution in [0, 0.1) is 0 Å². The Labute approximate surface area is 156 Å². The number of aromatic nitrogens is 1. The van der Waals surface area contributed by atoms with Gasteiger partial charge in [0.1, 0.15) is 5.75 Å². The molecular formula is C19H22N2O4S. The molecule has 1 N–H and O–H groups in total. The van der Waals surface area contributed by atoms with Gasteiger partial charge in [-0.25, -0.2) is 9.78 Å². The zero-order valence-corrected chi connectivity index (χ0v) is 15.4. The number of rotatable bonds is 5. The summed E-state index contributed by atoms with van der Waals surface area (Å²) in [4.78, 5) is 31.3. The van der Waals surface area contributed by atoms with E-state index in [1.54, 1.807) is 18.0 Å². The van der Waals surface area contributed by atoms with Crippen LogP contribution >= 0.6 is 11.3 Å². The summed E-state index contributed by atoms with van der Waals surface area (Å²) in [6.45, 7) is 1.59. The van der Waals surface area contributed by atoms with Gasteiger partial charge in [0.05, 0.1) is 5.56 Å². The van der Waals surface area contributed by atoms with Crippen LogP contribution < -0.4 is 4.90 Å². The SMILES string of the molecule is CC(OC(=O)c1ccc(O)cc1)C(=O)N(c1nccs1)C1CCCCC1. The Balaban J connectivity index is 1.73. The molecule has 1 aromatic heterocycles. The van der Waals surface area contributed by atoms with Crippen LogP contribution in [0.15, 0.2) is 35.8 Å². The largest absolute Gasteiger partial charge is 0.508 e. The second kappa shape index (κ2) is 8.31. The van der Waals surface area contributed by atoms with Gasteiger partial charge in [0.25, 0.3) is 5.91 Å². The van der Waals surface area contributed by atoms with E-state index in [2.05, 4.69) is 4.98 Å². The maximum absolute atomic E-state index is 13.0. The molecule has 1 aliphatic carbocycles. The van der Waals surface area contributed by atoms with E-state index in [9.17, 15) is 14.7 Å². The third-order valence-corrected chi connectivity index (χ3v) is 5.31. The summed E-state index contributed by atoms with van der Waals surface area (Å²) in [6.07, 6.45) is 5.98. The van der Waals surface area contributed by atoms with Gasteiger partial charge in [-0.15, -0.1) is 11.3 Å². The monoisotopic (exact) mass is 374 g/mol. The summed E-state index contributed by atoms with van der Waals surface area (Å²) < 4.78 is 5.37. The van der Waals surface area contributed by atoms with Gasteiger partial charge in [0.15, 0.2) is 11.2 Å². The van der Waals surface area contributed by atoms with E-state index in [0.717, 1.165) is 25.7 Å². The fraction of sp³-hybridized carbons (Fsp3) is 0.421. The normalized spacial score (nSPS) is 16.0. The number of carbonyl (C=O) groups is 2. The first-order valence-electron chi connectivity index (χ1n) is 8.79.